The van der Waals surface area contributed by atoms with Gasteiger partial charge in [-0.25, -0.2) is 4.98 Å². The van der Waals surface area contributed by atoms with Gasteiger partial charge in [0, 0.05) is 18.2 Å². The summed E-state index contributed by atoms with van der Waals surface area (Å²) in [5, 5.41) is 0. The first kappa shape index (κ1) is 12.4. The Morgan fingerprint density at radius 1 is 1.30 bits per heavy atom. The molecule has 0 atom stereocenters. The van der Waals surface area contributed by atoms with E-state index in [2.05, 4.69) is 4.98 Å². The highest BCUT2D eigenvalue weighted by atomic mass is 16.5. The van der Waals surface area contributed by atoms with Crippen LogP contribution in [0.1, 0.15) is 21.7 Å². The van der Waals surface area contributed by atoms with E-state index < -0.39 is 0 Å². The lowest BCUT2D eigenvalue weighted by atomic mass is 10.1. The number of nitrogens with zero attached hydrogens (tertiary/aromatic N) is 2. The van der Waals surface area contributed by atoms with Crippen molar-refractivity contribution in [3.8, 4) is 5.75 Å². The van der Waals surface area contributed by atoms with Crippen molar-refractivity contribution < 1.29 is 9.53 Å². The predicted octanol–water partition coefficient (Wildman–Crippen LogP) is 2.75. The number of benzene rings is 1. The zero-order valence-electron chi connectivity index (χ0n) is 11.1. The molecule has 0 N–H and O–H groups in total. The summed E-state index contributed by atoms with van der Waals surface area (Å²) in [6.45, 7) is 0. The first-order valence-electron chi connectivity index (χ1n) is 6.35. The number of aromatic nitrogens is 2. The number of carbonyl (C=O) groups is 1. The average molecular weight is 266 g/mol. The molecule has 0 fully saturated rings. The van der Waals surface area contributed by atoms with Gasteiger partial charge in [0.1, 0.15) is 11.6 Å². The highest BCUT2D eigenvalue weighted by molar-refractivity contribution is 5.85. The number of ether oxygens (including phenoxy) is 1. The number of aldehydes is 1. The summed E-state index contributed by atoms with van der Waals surface area (Å²) in [5.74, 6) is 1.73. The smallest absolute Gasteiger partial charge is 0.152 e. The minimum Gasteiger partial charge on any atom is -0.497 e. The Hall–Kier alpha value is -2.62. The number of fused-ring (bicyclic) bond motifs is 1. The van der Waals surface area contributed by atoms with Gasteiger partial charge in [-0.2, -0.15) is 0 Å². The normalized spacial score (nSPS) is 10.7. The second kappa shape index (κ2) is 5.17. The molecule has 2 heterocycles. The summed E-state index contributed by atoms with van der Waals surface area (Å²) in [6.07, 6.45) is 5.20. The second-order valence-electron chi connectivity index (χ2n) is 4.54. The summed E-state index contributed by atoms with van der Waals surface area (Å²) >= 11 is 0. The maximum Gasteiger partial charge on any atom is 0.152 e. The van der Waals surface area contributed by atoms with Gasteiger partial charge in [-0.3, -0.25) is 4.79 Å². The molecule has 3 rings (SSSR count). The number of carbonyl (C=O) groups excluding carboxylic acids is 1. The van der Waals surface area contributed by atoms with E-state index in [-0.39, 0.29) is 0 Å². The van der Waals surface area contributed by atoms with Gasteiger partial charge in [0.05, 0.1) is 18.8 Å². The van der Waals surface area contributed by atoms with Gasteiger partial charge < -0.3 is 9.14 Å². The molecule has 20 heavy (non-hydrogen) atoms. The standard InChI is InChI=1S/C16H14N2O2/c1-20-14-6-2-4-12(8-14)9-16-17-10-15-13(11-19)5-3-7-18(15)16/h2-8,10-11H,9H2,1H3. The van der Waals surface area contributed by atoms with E-state index in [1.54, 1.807) is 19.4 Å². The third-order valence-electron chi connectivity index (χ3n) is 3.30. The van der Waals surface area contributed by atoms with Gasteiger partial charge in [0.25, 0.3) is 0 Å². The Labute approximate surface area is 116 Å². The molecule has 4 heteroatoms. The van der Waals surface area contributed by atoms with Crippen LogP contribution in [0.5, 0.6) is 5.75 Å². The maximum absolute atomic E-state index is 11.0. The molecule has 0 saturated carbocycles. The van der Waals surface area contributed by atoms with Crippen LogP contribution in [0.4, 0.5) is 0 Å². The Kier molecular flexibility index (Phi) is 3.21. The molecular formula is C16H14N2O2. The minimum absolute atomic E-state index is 0.650. The molecule has 1 aromatic carbocycles. The minimum atomic E-state index is 0.650. The Balaban J connectivity index is 2.00. The molecule has 0 radical (unpaired) electrons. The molecular weight excluding hydrogens is 252 g/mol. The Morgan fingerprint density at radius 2 is 2.20 bits per heavy atom. The maximum atomic E-state index is 11.0. The molecule has 4 nitrogen and oxygen atoms in total. The highest BCUT2D eigenvalue weighted by Crippen LogP contribution is 2.17. The quantitative estimate of drug-likeness (QED) is 0.682. The van der Waals surface area contributed by atoms with Crippen molar-refractivity contribution in [1.82, 2.24) is 9.38 Å². The van der Waals surface area contributed by atoms with Gasteiger partial charge in [0.2, 0.25) is 0 Å². The summed E-state index contributed by atoms with van der Waals surface area (Å²) in [4.78, 5) is 15.4. The van der Waals surface area contributed by atoms with Crippen LogP contribution in [0.3, 0.4) is 0 Å². The fourth-order valence-electron chi connectivity index (χ4n) is 2.29. The topological polar surface area (TPSA) is 43.6 Å². The van der Waals surface area contributed by atoms with E-state index in [0.29, 0.717) is 12.0 Å². The molecule has 0 aliphatic carbocycles. The summed E-state index contributed by atoms with van der Waals surface area (Å²) in [5.41, 5.74) is 2.60. The molecule has 0 aliphatic heterocycles. The SMILES string of the molecule is COc1cccc(Cc2ncc3c(C=O)cccn23)c1. The number of hydrogen-bond acceptors (Lipinski definition) is 3. The van der Waals surface area contributed by atoms with Crippen molar-refractivity contribution in [3.05, 3.63) is 65.7 Å². The van der Waals surface area contributed by atoms with Crippen molar-refractivity contribution in [3.63, 3.8) is 0 Å². The van der Waals surface area contributed by atoms with Crippen molar-refractivity contribution in [2.45, 2.75) is 6.42 Å². The predicted molar refractivity (Wildman–Crippen MR) is 76.4 cm³/mol. The van der Waals surface area contributed by atoms with Crippen LogP contribution in [0, 0.1) is 0 Å². The lowest BCUT2D eigenvalue weighted by Crippen LogP contribution is -1.98. The molecule has 0 aliphatic rings. The van der Waals surface area contributed by atoms with Crippen LogP contribution in [0.2, 0.25) is 0 Å². The van der Waals surface area contributed by atoms with Gasteiger partial charge in [-0.05, 0) is 29.8 Å². The highest BCUT2D eigenvalue weighted by Gasteiger charge is 2.07. The van der Waals surface area contributed by atoms with Gasteiger partial charge >= 0.3 is 0 Å². The number of hydrogen-bond donors (Lipinski definition) is 0. The molecule has 0 saturated heterocycles. The van der Waals surface area contributed by atoms with Crippen LogP contribution in [0.15, 0.2) is 48.8 Å². The molecule has 0 unspecified atom stereocenters. The van der Waals surface area contributed by atoms with E-state index in [4.69, 9.17) is 4.74 Å². The van der Waals surface area contributed by atoms with Gasteiger partial charge in [-0.15, -0.1) is 0 Å². The van der Waals surface area contributed by atoms with Crippen molar-refractivity contribution in [2.24, 2.45) is 0 Å². The number of rotatable bonds is 4. The Morgan fingerprint density at radius 3 is 3.00 bits per heavy atom. The molecule has 2 aromatic heterocycles. The zero-order chi connectivity index (χ0) is 13.9. The fourth-order valence-corrected chi connectivity index (χ4v) is 2.29. The molecule has 0 spiro atoms. The third kappa shape index (κ3) is 2.16. The van der Waals surface area contributed by atoms with Gasteiger partial charge in [0.15, 0.2) is 6.29 Å². The molecule has 0 amide bonds. The first-order chi connectivity index (χ1) is 9.81. The van der Waals surface area contributed by atoms with Crippen LogP contribution in [-0.2, 0) is 6.42 Å². The van der Waals surface area contributed by atoms with Crippen molar-refractivity contribution in [2.75, 3.05) is 7.11 Å². The number of pyridine rings is 1. The first-order valence-corrected chi connectivity index (χ1v) is 6.35. The second-order valence-corrected chi connectivity index (χ2v) is 4.54. The lowest BCUT2D eigenvalue weighted by Gasteiger charge is -2.05. The molecule has 3 aromatic rings. The molecule has 0 bridgehead atoms. The van der Waals surface area contributed by atoms with Crippen molar-refractivity contribution >= 4 is 11.8 Å². The van der Waals surface area contributed by atoms with E-state index in [0.717, 1.165) is 28.9 Å². The zero-order valence-corrected chi connectivity index (χ0v) is 11.1. The monoisotopic (exact) mass is 266 g/mol. The van der Waals surface area contributed by atoms with E-state index in [9.17, 15) is 4.79 Å². The van der Waals surface area contributed by atoms with Crippen LogP contribution in [0.25, 0.3) is 5.52 Å². The summed E-state index contributed by atoms with van der Waals surface area (Å²) in [6, 6.07) is 11.5. The van der Waals surface area contributed by atoms with Crippen LogP contribution in [-0.4, -0.2) is 22.8 Å². The average Bonchev–Trinajstić information content (AvgIpc) is 2.90. The largest absolute Gasteiger partial charge is 0.497 e. The van der Waals surface area contributed by atoms with Crippen molar-refractivity contribution in [1.29, 1.82) is 0 Å². The summed E-state index contributed by atoms with van der Waals surface area (Å²) < 4.78 is 7.17. The lowest BCUT2D eigenvalue weighted by molar-refractivity contribution is 0.112. The number of imidazole rings is 1. The fraction of sp³-hybridized carbons (Fsp3) is 0.125. The van der Waals surface area contributed by atoms with E-state index in [1.165, 1.54) is 0 Å². The Bertz CT molecular complexity index is 762. The van der Waals surface area contributed by atoms with E-state index in [1.807, 2.05) is 40.9 Å². The van der Waals surface area contributed by atoms with Gasteiger partial charge in [-0.1, -0.05) is 12.1 Å². The van der Waals surface area contributed by atoms with Crippen LogP contribution < -0.4 is 4.74 Å². The summed E-state index contributed by atoms with van der Waals surface area (Å²) in [7, 11) is 1.65. The molecule has 100 valence electrons. The third-order valence-corrected chi connectivity index (χ3v) is 3.30. The van der Waals surface area contributed by atoms with Crippen LogP contribution >= 0.6 is 0 Å². The van der Waals surface area contributed by atoms with E-state index >= 15 is 0 Å². The number of methoxy groups -OCH3 is 1.